The van der Waals surface area contributed by atoms with Gasteiger partial charge in [-0.2, -0.15) is 0 Å². The number of amides is 1. The second-order valence-corrected chi connectivity index (χ2v) is 4.58. The molecule has 1 atom stereocenters. The summed E-state index contributed by atoms with van der Waals surface area (Å²) in [6.45, 7) is 2.63. The number of halogens is 1. The standard InChI is InChI=1S/C13H18ClNO3/c1-9(5-6-16)8-15-13(17)10-3-4-11(14)12(7-10)18-2/h3-4,7,9,16H,5-6,8H2,1-2H3,(H,15,17). The summed E-state index contributed by atoms with van der Waals surface area (Å²) in [7, 11) is 1.51. The van der Waals surface area contributed by atoms with Gasteiger partial charge in [0.2, 0.25) is 0 Å². The lowest BCUT2D eigenvalue weighted by atomic mass is 10.1. The number of benzene rings is 1. The Labute approximate surface area is 112 Å². The average Bonchev–Trinajstić information content (AvgIpc) is 2.37. The zero-order valence-corrected chi connectivity index (χ0v) is 11.3. The van der Waals surface area contributed by atoms with E-state index in [9.17, 15) is 4.79 Å². The van der Waals surface area contributed by atoms with Crippen LogP contribution in [0.5, 0.6) is 5.75 Å². The number of ether oxygens (including phenoxy) is 1. The zero-order valence-electron chi connectivity index (χ0n) is 10.6. The number of nitrogens with one attached hydrogen (secondary N) is 1. The zero-order chi connectivity index (χ0) is 13.5. The van der Waals surface area contributed by atoms with Crippen molar-refractivity contribution >= 4 is 17.5 Å². The van der Waals surface area contributed by atoms with Gasteiger partial charge >= 0.3 is 0 Å². The molecule has 0 aliphatic heterocycles. The fourth-order valence-electron chi connectivity index (χ4n) is 1.49. The van der Waals surface area contributed by atoms with E-state index >= 15 is 0 Å². The fraction of sp³-hybridized carbons (Fsp3) is 0.462. The van der Waals surface area contributed by atoms with Gasteiger partial charge in [0.1, 0.15) is 5.75 Å². The molecule has 0 heterocycles. The van der Waals surface area contributed by atoms with E-state index in [0.717, 1.165) is 0 Å². The Balaban J connectivity index is 2.61. The molecule has 2 N–H and O–H groups in total. The summed E-state index contributed by atoms with van der Waals surface area (Å²) in [5.41, 5.74) is 0.507. The minimum Gasteiger partial charge on any atom is -0.495 e. The van der Waals surface area contributed by atoms with Crippen LogP contribution in [0.25, 0.3) is 0 Å². The van der Waals surface area contributed by atoms with E-state index in [0.29, 0.717) is 29.3 Å². The molecule has 1 unspecified atom stereocenters. The molecule has 1 amide bonds. The Bertz CT molecular complexity index is 409. The van der Waals surface area contributed by atoms with Crippen LogP contribution in [0.3, 0.4) is 0 Å². The molecule has 1 aromatic carbocycles. The van der Waals surface area contributed by atoms with Gasteiger partial charge in [-0.3, -0.25) is 4.79 Å². The van der Waals surface area contributed by atoms with Crippen LogP contribution in [0.4, 0.5) is 0 Å². The Kier molecular flexibility index (Phi) is 5.95. The third-order valence-corrected chi connectivity index (χ3v) is 2.96. The lowest BCUT2D eigenvalue weighted by Gasteiger charge is -2.12. The second kappa shape index (κ2) is 7.24. The molecule has 0 radical (unpaired) electrons. The molecular formula is C13H18ClNO3. The Hall–Kier alpha value is -1.26. The minimum atomic E-state index is -0.172. The molecule has 0 saturated heterocycles. The van der Waals surface area contributed by atoms with Crippen molar-refractivity contribution in [1.82, 2.24) is 5.32 Å². The van der Waals surface area contributed by atoms with E-state index < -0.39 is 0 Å². The van der Waals surface area contributed by atoms with Gasteiger partial charge in [0.05, 0.1) is 12.1 Å². The molecule has 0 aliphatic carbocycles. The van der Waals surface area contributed by atoms with Gasteiger partial charge in [0.25, 0.3) is 5.91 Å². The number of hydrogen-bond acceptors (Lipinski definition) is 3. The van der Waals surface area contributed by atoms with Crippen molar-refractivity contribution in [1.29, 1.82) is 0 Å². The molecule has 0 saturated carbocycles. The molecule has 1 aromatic rings. The van der Waals surface area contributed by atoms with Gasteiger partial charge in [-0.05, 0) is 30.5 Å². The summed E-state index contributed by atoms with van der Waals surface area (Å²) in [5, 5.41) is 12.1. The maximum absolute atomic E-state index is 11.9. The van der Waals surface area contributed by atoms with Gasteiger partial charge < -0.3 is 15.2 Å². The maximum Gasteiger partial charge on any atom is 0.251 e. The first-order valence-corrected chi connectivity index (χ1v) is 6.19. The number of methoxy groups -OCH3 is 1. The molecule has 1 rings (SSSR count). The predicted octanol–water partition coefficient (Wildman–Crippen LogP) is 2.10. The van der Waals surface area contributed by atoms with Gasteiger partial charge in [0, 0.05) is 18.7 Å². The summed E-state index contributed by atoms with van der Waals surface area (Å²) >= 11 is 5.89. The topological polar surface area (TPSA) is 58.6 Å². The highest BCUT2D eigenvalue weighted by molar-refractivity contribution is 6.32. The highest BCUT2D eigenvalue weighted by Gasteiger charge is 2.10. The van der Waals surface area contributed by atoms with E-state index in [-0.39, 0.29) is 18.4 Å². The molecule has 18 heavy (non-hydrogen) atoms. The number of carbonyl (C=O) groups is 1. The van der Waals surface area contributed by atoms with Crippen molar-refractivity contribution in [3.05, 3.63) is 28.8 Å². The Morgan fingerprint density at radius 1 is 1.56 bits per heavy atom. The van der Waals surface area contributed by atoms with Crippen LogP contribution in [-0.4, -0.2) is 31.3 Å². The molecule has 0 aromatic heterocycles. The molecule has 0 bridgehead atoms. The van der Waals surface area contributed by atoms with Crippen molar-refractivity contribution in [2.45, 2.75) is 13.3 Å². The third-order valence-electron chi connectivity index (χ3n) is 2.65. The van der Waals surface area contributed by atoms with Crippen molar-refractivity contribution in [3.63, 3.8) is 0 Å². The van der Waals surface area contributed by atoms with Crippen LogP contribution < -0.4 is 10.1 Å². The van der Waals surface area contributed by atoms with E-state index in [1.807, 2.05) is 6.92 Å². The first-order chi connectivity index (χ1) is 8.58. The van der Waals surface area contributed by atoms with E-state index in [2.05, 4.69) is 5.32 Å². The molecule has 0 fully saturated rings. The molecule has 100 valence electrons. The van der Waals surface area contributed by atoms with Crippen LogP contribution in [0, 0.1) is 5.92 Å². The summed E-state index contributed by atoms with van der Waals surface area (Å²) in [6.07, 6.45) is 0.671. The minimum absolute atomic E-state index is 0.131. The first-order valence-electron chi connectivity index (χ1n) is 5.81. The van der Waals surface area contributed by atoms with E-state index in [4.69, 9.17) is 21.4 Å². The SMILES string of the molecule is COc1cc(C(=O)NCC(C)CCO)ccc1Cl. The summed E-state index contributed by atoms with van der Waals surface area (Å²) in [6, 6.07) is 4.89. The lowest BCUT2D eigenvalue weighted by Crippen LogP contribution is -2.28. The van der Waals surface area contributed by atoms with Crippen molar-refractivity contribution in [3.8, 4) is 5.75 Å². The highest BCUT2D eigenvalue weighted by atomic mass is 35.5. The van der Waals surface area contributed by atoms with Gasteiger partial charge in [0.15, 0.2) is 0 Å². The smallest absolute Gasteiger partial charge is 0.251 e. The second-order valence-electron chi connectivity index (χ2n) is 4.18. The number of aliphatic hydroxyl groups is 1. The molecular weight excluding hydrogens is 254 g/mol. The van der Waals surface area contributed by atoms with Crippen molar-refractivity contribution in [2.75, 3.05) is 20.3 Å². The molecule has 0 aliphatic rings. The Morgan fingerprint density at radius 2 is 2.28 bits per heavy atom. The fourth-order valence-corrected chi connectivity index (χ4v) is 1.69. The van der Waals surface area contributed by atoms with Crippen molar-refractivity contribution in [2.24, 2.45) is 5.92 Å². The first kappa shape index (κ1) is 14.8. The van der Waals surface area contributed by atoms with Crippen molar-refractivity contribution < 1.29 is 14.6 Å². The molecule has 4 nitrogen and oxygen atoms in total. The average molecular weight is 272 g/mol. The highest BCUT2D eigenvalue weighted by Crippen LogP contribution is 2.24. The van der Waals surface area contributed by atoms with Crippen LogP contribution in [0.15, 0.2) is 18.2 Å². The quantitative estimate of drug-likeness (QED) is 0.833. The van der Waals surface area contributed by atoms with Gasteiger partial charge in [-0.25, -0.2) is 0 Å². The summed E-state index contributed by atoms with van der Waals surface area (Å²) in [4.78, 5) is 11.9. The van der Waals surface area contributed by atoms with Gasteiger partial charge in [-0.15, -0.1) is 0 Å². The van der Waals surface area contributed by atoms with E-state index in [1.54, 1.807) is 18.2 Å². The van der Waals surface area contributed by atoms with Crippen LogP contribution in [-0.2, 0) is 0 Å². The molecule has 0 spiro atoms. The van der Waals surface area contributed by atoms with E-state index in [1.165, 1.54) is 7.11 Å². The number of aliphatic hydroxyl groups excluding tert-OH is 1. The largest absolute Gasteiger partial charge is 0.495 e. The number of carbonyl (C=O) groups excluding carboxylic acids is 1. The normalized spacial score (nSPS) is 12.0. The monoisotopic (exact) mass is 271 g/mol. The Morgan fingerprint density at radius 3 is 2.89 bits per heavy atom. The molecule has 5 heteroatoms. The van der Waals surface area contributed by atoms with Crippen LogP contribution in [0.1, 0.15) is 23.7 Å². The van der Waals surface area contributed by atoms with Crippen LogP contribution in [0.2, 0.25) is 5.02 Å². The number of rotatable bonds is 6. The number of hydrogen-bond donors (Lipinski definition) is 2. The maximum atomic E-state index is 11.9. The third kappa shape index (κ3) is 4.20. The predicted molar refractivity (Wildman–Crippen MR) is 71.2 cm³/mol. The summed E-state index contributed by atoms with van der Waals surface area (Å²) in [5.74, 6) is 0.552. The van der Waals surface area contributed by atoms with Crippen LogP contribution >= 0.6 is 11.6 Å². The summed E-state index contributed by atoms with van der Waals surface area (Å²) < 4.78 is 5.05. The van der Waals surface area contributed by atoms with Gasteiger partial charge in [-0.1, -0.05) is 18.5 Å². The lowest BCUT2D eigenvalue weighted by molar-refractivity contribution is 0.0945.